The molecule has 11 rings (SSSR count). The molecule has 9 amide bonds. The number of Topliss-reactive ketones (excluding diaryl/α,β-unsaturated/α-hetero) is 4. The monoisotopic (exact) mass is 2110 g/mol. The van der Waals surface area contributed by atoms with Gasteiger partial charge in [0.05, 0.1) is 120 Å². The number of nitrogens with one attached hydrogen (secondary N) is 7. The summed E-state index contributed by atoms with van der Waals surface area (Å²) in [4.78, 5) is 167. The van der Waals surface area contributed by atoms with Crippen molar-refractivity contribution >= 4 is 102 Å². The van der Waals surface area contributed by atoms with E-state index in [0.717, 1.165) is 36.0 Å². The van der Waals surface area contributed by atoms with Gasteiger partial charge in [-0.15, -0.1) is 5.10 Å². The van der Waals surface area contributed by atoms with Gasteiger partial charge in [-0.2, -0.15) is 16.8 Å². The molecule has 812 valence electrons. The normalized spacial score (nSPS) is 22.8. The van der Waals surface area contributed by atoms with Crippen molar-refractivity contribution in [1.29, 1.82) is 0 Å². The molecule has 3 heterocycles. The second-order valence-corrected chi connectivity index (χ2v) is 42.7. The number of nitrogens with two attached hydrogens (primary N) is 1. The summed E-state index contributed by atoms with van der Waals surface area (Å²) in [6, 6.07) is 19.4. The van der Waals surface area contributed by atoms with Crippen molar-refractivity contribution in [3.05, 3.63) is 142 Å². The van der Waals surface area contributed by atoms with E-state index in [9.17, 15) is 79.5 Å². The molecule has 1 saturated heterocycles. The Kier molecular flexibility index (Phi) is 44.1. The maximum Gasteiger partial charge on any atom is 0.407 e. The average Bonchev–Trinajstić information content (AvgIpc) is 1.49. The van der Waals surface area contributed by atoms with Crippen molar-refractivity contribution in [2.24, 2.45) is 46.2 Å². The molecule has 44 heteroatoms. The molecule has 0 radical (unpaired) electrons. The van der Waals surface area contributed by atoms with Crippen LogP contribution in [0.4, 0.5) is 29.7 Å². The van der Waals surface area contributed by atoms with Crippen LogP contribution in [-0.4, -0.2) is 287 Å². The number of aliphatic hydroxyl groups is 1. The number of aromatic nitrogens is 3. The van der Waals surface area contributed by atoms with Crippen LogP contribution in [0.5, 0.6) is 0 Å². The molecule has 3 saturated carbocycles. The summed E-state index contributed by atoms with van der Waals surface area (Å²) < 4.78 is 147. The molecule has 5 aliphatic carbocycles. The number of carbonyl (C=O) groups is 12. The zero-order chi connectivity index (χ0) is 107. The third-order valence-corrected chi connectivity index (χ3v) is 30.1. The SMILES string of the molecule is C=C1C=C[C@@]2(C)C(=C1)[C@@H](F)C[C@H]1[C@@H]3C[C@H]4OC(CCC)O[C@@]4(C(=O)CNC(=O)OCc4ccc(NC(=O)[C@H](CCCNC(N)=O)CC(=O)[C@@H](NC(=O)[C@@H](CCCCNC(=O)COC5CCCCCc6c5nnn6CCN(CC(=O)NCCS(=O)(=O)O)CC(=O)NCCS(=O)(=O)O)CC(=O)CCOCCOCCOCCOCCCC(=O)CCC(=O)N5Cc6ccccc6C#Cc6ccccc65)C(C)C)cc4)[C@@]3(C)C[C@H](O)[C@@]12F. The van der Waals surface area contributed by atoms with E-state index in [1.165, 1.54) is 4.90 Å². The Morgan fingerprint density at radius 2 is 1.34 bits per heavy atom. The number of ketones is 4. The van der Waals surface area contributed by atoms with Crippen molar-refractivity contribution < 1.29 is 135 Å². The highest BCUT2D eigenvalue weighted by atomic mass is 32.2. The van der Waals surface area contributed by atoms with Crippen molar-refractivity contribution in [1.82, 2.24) is 51.8 Å². The third-order valence-electron chi connectivity index (χ3n) is 28.6. The molecular formula is C104H143F2N13O27S2. The Hall–Kier alpha value is -11.1. The molecule has 3 aromatic carbocycles. The molecule has 4 aromatic rings. The minimum absolute atomic E-state index is 0.00226. The van der Waals surface area contributed by atoms with E-state index >= 15 is 8.78 Å². The lowest BCUT2D eigenvalue weighted by Gasteiger charge is -2.63. The summed E-state index contributed by atoms with van der Waals surface area (Å²) >= 11 is 0. The topological polar surface area (TPSA) is 555 Å². The number of urea groups is 1. The van der Waals surface area contributed by atoms with Crippen LogP contribution in [0.15, 0.2) is 109 Å². The Morgan fingerprint density at radius 3 is 2.03 bits per heavy atom. The number of para-hydroxylation sites is 1. The standard InChI is InChI=1S/C104H143F2N13O27S2/c1-7-19-94-145-89-60-79-80-59-82(105)81-56-69(4)37-39-101(81,5)103(80,106)87(123)61-102(79,6)104(89,146-94)88(124)62-112-100(132)144-66-70-29-33-76(34-30-70)113-97(129)74(24-17-41-111-99(107)131)58-85(122)95(68(2)3)114-98(130)73(57-78(121)38-47-140-49-51-142-53-52-141-50-48-139-46-18-25-77(120)35-36-93(128)118-63-75-23-12-11-20-71(75)31-32-72-21-13-14-26-83(72)118)22-15-16-40-108-92(127)67-143-86-28-10-8-9-27-84-96(86)115-116-119(84)45-44-117(64-90(125)109-42-54-147(133,134)135)65-91(126)110-43-55-148(136,137)138/h11-14,20-21,23,26,29-30,33-34,37,39,56,68,73-74,79-80,82,86-87,89,94-95,123H,4,7-10,15-19,22,24-25,27-28,35-36,38,40-55,57-67H2,1-3,5-6H3,(H,108,127)(H,109,125)(H,110,126)(H,112,132)(H,113,129)(H,114,130)(H3,107,111,131)(H,133,134,135)(H,136,137,138)/t73-,74+,79-,80-,82-,86?,87-,89+,94?,95-,101-,102-,103-,104+/m0/s1. The Balaban J connectivity index is 0.654. The van der Waals surface area contributed by atoms with Crippen LogP contribution >= 0.6 is 0 Å². The van der Waals surface area contributed by atoms with Crippen LogP contribution in [0.1, 0.15) is 209 Å². The number of amides is 9. The molecule has 148 heavy (non-hydrogen) atoms. The Bertz CT molecular complexity index is 5630. The van der Waals surface area contributed by atoms with Crippen LogP contribution in [0.25, 0.3) is 0 Å². The molecule has 14 atom stereocenters. The number of hydrogen-bond acceptors (Lipinski definition) is 28. The van der Waals surface area contributed by atoms with Crippen molar-refractivity contribution in [2.45, 2.75) is 244 Å². The molecular weight excluding hydrogens is 1970 g/mol. The number of allylic oxidation sites excluding steroid dienone is 5. The minimum atomic E-state index is -4.41. The fourth-order valence-electron chi connectivity index (χ4n) is 21.0. The molecule has 0 bridgehead atoms. The lowest BCUT2D eigenvalue weighted by atomic mass is 9.44. The van der Waals surface area contributed by atoms with Crippen LogP contribution in [0.3, 0.4) is 0 Å². The molecule has 2 aliphatic heterocycles. The minimum Gasteiger partial charge on any atom is -0.445 e. The number of carbonyl (C=O) groups excluding carboxylic acids is 12. The predicted octanol–water partition coefficient (Wildman–Crippen LogP) is 7.95. The van der Waals surface area contributed by atoms with Gasteiger partial charge in [-0.3, -0.25) is 62.0 Å². The van der Waals surface area contributed by atoms with Gasteiger partial charge in [-0.05, 0) is 148 Å². The zero-order valence-corrected chi connectivity index (χ0v) is 86.5. The first-order valence-corrected chi connectivity index (χ1v) is 54.3. The second-order valence-electron chi connectivity index (χ2n) is 39.6. The molecule has 1 aromatic heterocycles. The highest BCUT2D eigenvalue weighted by Crippen LogP contribution is 2.72. The fraction of sp³-hybridized carbons (Fsp3) is 0.615. The molecule has 2 unspecified atom stereocenters. The van der Waals surface area contributed by atoms with Crippen LogP contribution in [0.2, 0.25) is 0 Å². The second kappa shape index (κ2) is 55.6. The fourth-order valence-corrected chi connectivity index (χ4v) is 21.7. The Morgan fingerprint density at radius 1 is 0.703 bits per heavy atom. The van der Waals surface area contributed by atoms with Crippen molar-refractivity contribution in [2.75, 3.05) is 134 Å². The van der Waals surface area contributed by atoms with Gasteiger partial charge in [0.2, 0.25) is 35.4 Å². The molecule has 12 N–H and O–H groups in total. The number of hydrogen-bond donors (Lipinski definition) is 11. The van der Waals surface area contributed by atoms with Crippen LogP contribution in [0, 0.1) is 52.3 Å². The van der Waals surface area contributed by atoms with E-state index in [2.05, 4.69) is 65.9 Å². The highest BCUT2D eigenvalue weighted by Gasteiger charge is 2.80. The first-order valence-electron chi connectivity index (χ1n) is 51.1. The number of alkyl carbamates (subject to hydrolysis) is 1. The first kappa shape index (κ1) is 117. The maximum absolute atomic E-state index is 18.2. The smallest absolute Gasteiger partial charge is 0.407 e. The number of primary amides is 1. The molecule has 4 fully saturated rings. The summed E-state index contributed by atoms with van der Waals surface area (Å²) in [7, 11) is -8.82. The number of nitrogens with zero attached hydrogens (tertiary/aromatic N) is 5. The third kappa shape index (κ3) is 32.7. The predicted molar refractivity (Wildman–Crippen MR) is 538 cm³/mol. The number of aliphatic hydroxyl groups excluding tert-OH is 1. The maximum atomic E-state index is 18.2. The number of fused-ring (bicyclic) bond motifs is 10. The lowest BCUT2D eigenvalue weighted by molar-refractivity contribution is -0.233. The quantitative estimate of drug-likeness (QED) is 0.0113. The molecule has 40 nitrogen and oxygen atoms in total. The number of halogens is 2. The van der Waals surface area contributed by atoms with Crippen molar-refractivity contribution in [3.8, 4) is 11.8 Å². The van der Waals surface area contributed by atoms with Gasteiger partial charge in [-0.25, -0.2) is 23.1 Å². The van der Waals surface area contributed by atoms with E-state index in [0.29, 0.717) is 86.3 Å². The largest absolute Gasteiger partial charge is 0.445 e. The summed E-state index contributed by atoms with van der Waals surface area (Å²) in [6.07, 6.45) is 3.24. The van der Waals surface area contributed by atoms with Gasteiger partial charge in [0.15, 0.2) is 29.1 Å². The first-order chi connectivity index (χ1) is 70.6. The molecule has 7 aliphatic rings. The number of alkyl halides is 2. The number of ether oxygens (including phenoxy) is 8. The summed E-state index contributed by atoms with van der Waals surface area (Å²) in [5.74, 6) is -4.16. The number of benzene rings is 3. The summed E-state index contributed by atoms with van der Waals surface area (Å²) in [6.45, 7) is 11.8. The summed E-state index contributed by atoms with van der Waals surface area (Å²) in [5.41, 5.74) is 4.34. The van der Waals surface area contributed by atoms with Gasteiger partial charge in [0.1, 0.15) is 42.7 Å². The zero-order valence-electron chi connectivity index (χ0n) is 84.9. The van der Waals surface area contributed by atoms with Gasteiger partial charge in [0.25, 0.3) is 20.2 Å². The summed E-state index contributed by atoms with van der Waals surface area (Å²) in [5, 5.41) is 39.3. The van der Waals surface area contributed by atoms with Gasteiger partial charge in [-0.1, -0.05) is 138 Å². The molecule has 0 spiro atoms. The van der Waals surface area contributed by atoms with Crippen LogP contribution in [-0.2, 0) is 132 Å². The van der Waals surface area contributed by atoms with E-state index in [1.54, 1.807) is 79.8 Å². The van der Waals surface area contributed by atoms with E-state index in [4.69, 9.17) is 52.7 Å². The highest BCUT2D eigenvalue weighted by molar-refractivity contribution is 7.86. The van der Waals surface area contributed by atoms with Gasteiger partial charge >= 0.3 is 12.1 Å². The van der Waals surface area contributed by atoms with E-state index < -0.39 is 219 Å². The van der Waals surface area contributed by atoms with E-state index in [-0.39, 0.29) is 178 Å². The van der Waals surface area contributed by atoms with Gasteiger partial charge in [0, 0.05) is 123 Å². The Labute approximate surface area is 862 Å². The number of rotatable bonds is 61. The number of anilines is 2. The van der Waals surface area contributed by atoms with Crippen molar-refractivity contribution in [3.63, 3.8) is 0 Å². The van der Waals surface area contributed by atoms with Crippen LogP contribution < -0.4 is 47.9 Å². The number of unbranched alkanes of at least 4 members (excludes halogenated alkanes) is 1. The van der Waals surface area contributed by atoms with E-state index in [1.807, 2.05) is 55.5 Å². The average molecular weight is 2110 g/mol. The lowest BCUT2D eigenvalue weighted by Crippen LogP contribution is -2.71. The van der Waals surface area contributed by atoms with Gasteiger partial charge < -0.3 is 90.9 Å².